The van der Waals surface area contributed by atoms with Gasteiger partial charge in [-0.05, 0) is 55.7 Å². The normalized spacial score (nSPS) is 12.1. The van der Waals surface area contributed by atoms with Gasteiger partial charge in [-0.3, -0.25) is 4.79 Å². The van der Waals surface area contributed by atoms with E-state index in [0.29, 0.717) is 0 Å². The monoisotopic (exact) mass is 420 g/mol. The van der Waals surface area contributed by atoms with Crippen LogP contribution < -0.4 is 4.74 Å². The third-order valence-electron chi connectivity index (χ3n) is 3.76. The molecule has 0 unspecified atom stereocenters. The summed E-state index contributed by atoms with van der Waals surface area (Å²) in [5.74, 6) is -1.17. The molecule has 0 amide bonds. The number of carbonyl (C=O) groups excluding carboxylic acids is 2. The minimum atomic E-state index is -4.39. The average Bonchev–Trinajstić information content (AvgIpc) is 2.64. The number of ether oxygens (including phenoxy) is 2. The van der Waals surface area contributed by atoms with Crippen LogP contribution in [0.1, 0.15) is 39.2 Å². The summed E-state index contributed by atoms with van der Waals surface area (Å²) in [5, 5.41) is 0. The fraction of sp³-hybridized carbons (Fsp3) is 0.304. The maximum Gasteiger partial charge on any atom is 0.389 e. The Balaban J connectivity index is 1.95. The number of carbonyl (C=O) groups is 2. The number of benzene rings is 2. The number of hydrogen-bond donors (Lipinski definition) is 0. The van der Waals surface area contributed by atoms with Crippen molar-refractivity contribution in [1.82, 2.24) is 0 Å². The van der Waals surface area contributed by atoms with Gasteiger partial charge >= 0.3 is 18.1 Å². The van der Waals surface area contributed by atoms with Gasteiger partial charge in [-0.2, -0.15) is 13.2 Å². The van der Waals surface area contributed by atoms with Crippen molar-refractivity contribution in [3.8, 4) is 16.9 Å². The Labute approximate surface area is 173 Å². The van der Waals surface area contributed by atoms with Gasteiger partial charge in [0.15, 0.2) is 0 Å². The predicted octanol–water partition coefficient (Wildman–Crippen LogP) is 5.96. The molecule has 4 nitrogen and oxygen atoms in total. The summed E-state index contributed by atoms with van der Waals surface area (Å²) in [5.41, 5.74) is 2.00. The maximum atomic E-state index is 12.1. The molecule has 2 aromatic rings. The van der Waals surface area contributed by atoms with Crippen molar-refractivity contribution in [1.29, 1.82) is 0 Å². The van der Waals surface area contributed by atoms with Crippen LogP contribution in [-0.2, 0) is 14.3 Å². The second-order valence-corrected chi connectivity index (χ2v) is 7.60. The van der Waals surface area contributed by atoms with Crippen LogP contribution in [0.15, 0.2) is 54.6 Å². The van der Waals surface area contributed by atoms with Gasteiger partial charge in [0, 0.05) is 6.08 Å². The van der Waals surface area contributed by atoms with Crippen molar-refractivity contribution in [2.24, 2.45) is 0 Å². The smallest absolute Gasteiger partial charge is 0.389 e. The minimum absolute atomic E-state index is 0.183. The summed E-state index contributed by atoms with van der Waals surface area (Å²) in [7, 11) is 0. The van der Waals surface area contributed by atoms with Crippen molar-refractivity contribution in [2.75, 3.05) is 0 Å². The van der Waals surface area contributed by atoms with Gasteiger partial charge in [-0.25, -0.2) is 4.79 Å². The molecule has 2 rings (SSSR count). The van der Waals surface area contributed by atoms with Crippen molar-refractivity contribution >= 4 is 18.0 Å². The number of halogens is 3. The third-order valence-corrected chi connectivity index (χ3v) is 3.76. The first-order valence-electron chi connectivity index (χ1n) is 9.30. The first-order chi connectivity index (χ1) is 13.9. The highest BCUT2D eigenvalue weighted by Crippen LogP contribution is 2.25. The second-order valence-electron chi connectivity index (χ2n) is 7.60. The Hall–Kier alpha value is -3.09. The van der Waals surface area contributed by atoms with E-state index in [1.807, 2.05) is 24.3 Å². The second kappa shape index (κ2) is 9.61. The molecule has 30 heavy (non-hydrogen) atoms. The standard InChI is InChI=1S/C23H23F3O4/c1-22(2,3)30-21(28)13-6-16-4-7-17(8-5-16)18-9-11-19(12-10-18)29-20(27)14-15-23(24,25)26/h4-13H,14-15H2,1-3H3/b13-6+. The van der Waals surface area contributed by atoms with E-state index in [1.54, 1.807) is 39.0 Å². The van der Waals surface area contributed by atoms with E-state index in [0.717, 1.165) is 16.7 Å². The number of hydrogen-bond acceptors (Lipinski definition) is 4. The van der Waals surface area contributed by atoms with Gasteiger partial charge in [-0.15, -0.1) is 0 Å². The van der Waals surface area contributed by atoms with Crippen LogP contribution in [-0.4, -0.2) is 23.7 Å². The molecular formula is C23H23F3O4. The first kappa shape index (κ1) is 23.2. The molecule has 0 heterocycles. The molecule has 7 heteroatoms. The first-order valence-corrected chi connectivity index (χ1v) is 9.30. The lowest BCUT2D eigenvalue weighted by atomic mass is 10.0. The zero-order valence-corrected chi connectivity index (χ0v) is 17.0. The molecule has 0 fully saturated rings. The largest absolute Gasteiger partial charge is 0.457 e. The van der Waals surface area contributed by atoms with Crippen molar-refractivity contribution in [2.45, 2.75) is 45.4 Å². The molecule has 0 saturated carbocycles. The van der Waals surface area contributed by atoms with Crippen LogP contribution >= 0.6 is 0 Å². The van der Waals surface area contributed by atoms with Crippen molar-refractivity contribution in [3.05, 3.63) is 60.2 Å². The quantitative estimate of drug-likeness (QED) is 0.329. The molecule has 0 aliphatic carbocycles. The molecule has 0 radical (unpaired) electrons. The van der Waals surface area contributed by atoms with Gasteiger partial charge < -0.3 is 9.47 Å². The van der Waals surface area contributed by atoms with Crippen LogP contribution in [0.3, 0.4) is 0 Å². The van der Waals surface area contributed by atoms with E-state index in [1.165, 1.54) is 18.2 Å². The molecule has 160 valence electrons. The van der Waals surface area contributed by atoms with Crippen LogP contribution in [0.4, 0.5) is 13.2 Å². The number of rotatable bonds is 6. The molecule has 0 bridgehead atoms. The molecule has 2 aromatic carbocycles. The molecule has 0 aliphatic rings. The van der Waals surface area contributed by atoms with E-state index in [9.17, 15) is 22.8 Å². The van der Waals surface area contributed by atoms with Gasteiger partial charge in [0.25, 0.3) is 0 Å². The van der Waals surface area contributed by atoms with E-state index in [4.69, 9.17) is 9.47 Å². The Morgan fingerprint density at radius 1 is 0.900 bits per heavy atom. The van der Waals surface area contributed by atoms with Crippen LogP contribution in [0, 0.1) is 0 Å². The van der Waals surface area contributed by atoms with E-state index in [-0.39, 0.29) is 5.75 Å². The Morgan fingerprint density at radius 2 is 1.43 bits per heavy atom. The molecule has 0 N–H and O–H groups in total. The summed E-state index contributed by atoms with van der Waals surface area (Å²) in [6, 6.07) is 13.9. The lowest BCUT2D eigenvalue weighted by Crippen LogP contribution is -2.22. The molecular weight excluding hydrogens is 397 g/mol. The number of alkyl halides is 3. The molecule has 0 saturated heterocycles. The van der Waals surface area contributed by atoms with Crippen LogP contribution in [0.25, 0.3) is 17.2 Å². The highest BCUT2D eigenvalue weighted by Gasteiger charge is 2.28. The van der Waals surface area contributed by atoms with E-state index in [2.05, 4.69) is 0 Å². The zero-order chi connectivity index (χ0) is 22.4. The van der Waals surface area contributed by atoms with E-state index >= 15 is 0 Å². The van der Waals surface area contributed by atoms with Crippen LogP contribution in [0.5, 0.6) is 5.75 Å². The lowest BCUT2D eigenvalue weighted by Gasteiger charge is -2.17. The topological polar surface area (TPSA) is 52.6 Å². The molecule has 0 atom stereocenters. The third kappa shape index (κ3) is 8.51. The van der Waals surface area contributed by atoms with Crippen molar-refractivity contribution < 1.29 is 32.2 Å². The highest BCUT2D eigenvalue weighted by molar-refractivity contribution is 5.87. The SMILES string of the molecule is CC(C)(C)OC(=O)/C=C/c1ccc(-c2ccc(OC(=O)CCC(F)(F)F)cc2)cc1. The Kier molecular flexibility index (Phi) is 7.43. The Bertz CT molecular complexity index is 890. The average molecular weight is 420 g/mol. The Morgan fingerprint density at radius 3 is 1.93 bits per heavy atom. The summed E-state index contributed by atoms with van der Waals surface area (Å²) in [6.07, 6.45) is -3.30. The van der Waals surface area contributed by atoms with E-state index < -0.39 is 36.6 Å². The van der Waals surface area contributed by atoms with Gasteiger partial charge in [0.1, 0.15) is 11.4 Å². The summed E-state index contributed by atoms with van der Waals surface area (Å²) in [6.45, 7) is 5.38. The van der Waals surface area contributed by atoms with Gasteiger partial charge in [-0.1, -0.05) is 36.4 Å². The summed E-state index contributed by atoms with van der Waals surface area (Å²) in [4.78, 5) is 23.2. The van der Waals surface area contributed by atoms with Gasteiger partial charge in [0.05, 0.1) is 12.8 Å². The van der Waals surface area contributed by atoms with Gasteiger partial charge in [0.2, 0.25) is 0 Å². The number of esters is 2. The maximum absolute atomic E-state index is 12.1. The lowest BCUT2D eigenvalue weighted by molar-refractivity contribution is -0.151. The van der Waals surface area contributed by atoms with Crippen molar-refractivity contribution in [3.63, 3.8) is 0 Å². The predicted molar refractivity (Wildman–Crippen MR) is 108 cm³/mol. The highest BCUT2D eigenvalue weighted by atomic mass is 19.4. The summed E-state index contributed by atoms with van der Waals surface area (Å²) >= 11 is 0. The minimum Gasteiger partial charge on any atom is -0.457 e. The fourth-order valence-corrected chi connectivity index (χ4v) is 2.43. The van der Waals surface area contributed by atoms with Crippen LogP contribution in [0.2, 0.25) is 0 Å². The molecule has 0 aliphatic heterocycles. The zero-order valence-electron chi connectivity index (χ0n) is 17.0. The molecule has 0 spiro atoms. The fourth-order valence-electron chi connectivity index (χ4n) is 2.43. The molecule has 0 aromatic heterocycles. The summed E-state index contributed by atoms with van der Waals surface area (Å²) < 4.78 is 46.5.